The number of anilines is 2. The lowest BCUT2D eigenvalue weighted by Gasteiger charge is -2.42. The summed E-state index contributed by atoms with van der Waals surface area (Å²) in [5.41, 5.74) is 3.65. The van der Waals surface area contributed by atoms with Crippen molar-refractivity contribution in [1.29, 1.82) is 0 Å². The van der Waals surface area contributed by atoms with Crippen LogP contribution in [0.15, 0.2) is 42.7 Å². The van der Waals surface area contributed by atoms with Gasteiger partial charge in [0.25, 0.3) is 0 Å². The first kappa shape index (κ1) is 20.1. The Labute approximate surface area is 181 Å². The average molecular weight is 427 g/mol. The van der Waals surface area contributed by atoms with Gasteiger partial charge < -0.3 is 10.1 Å². The van der Waals surface area contributed by atoms with Crippen LogP contribution in [0.4, 0.5) is 20.4 Å². The molecular formula is C23H27F2N5O. The monoisotopic (exact) mass is 427 g/mol. The van der Waals surface area contributed by atoms with Crippen molar-refractivity contribution in [2.75, 3.05) is 31.6 Å². The first-order valence-electron chi connectivity index (χ1n) is 10.6. The summed E-state index contributed by atoms with van der Waals surface area (Å²) < 4.78 is 33.7. The molecule has 3 heterocycles. The molecule has 1 aromatic heterocycles. The highest BCUT2D eigenvalue weighted by molar-refractivity contribution is 5.56. The first-order valence-corrected chi connectivity index (χ1v) is 10.6. The predicted octanol–water partition coefficient (Wildman–Crippen LogP) is 4.42. The normalized spacial score (nSPS) is 19.9. The molecule has 0 radical (unpaired) electrons. The second-order valence-electron chi connectivity index (χ2n) is 8.42. The van der Waals surface area contributed by atoms with E-state index in [0.29, 0.717) is 17.9 Å². The van der Waals surface area contributed by atoms with Gasteiger partial charge in [-0.15, -0.1) is 5.10 Å². The van der Waals surface area contributed by atoms with E-state index in [1.165, 1.54) is 41.5 Å². The third kappa shape index (κ3) is 4.45. The van der Waals surface area contributed by atoms with E-state index in [-0.39, 0.29) is 7.11 Å². The largest absolute Gasteiger partial charge is 0.378 e. The summed E-state index contributed by atoms with van der Waals surface area (Å²) in [6.45, 7) is 5.96. The number of piperidine rings is 1. The van der Waals surface area contributed by atoms with E-state index in [0.717, 1.165) is 43.6 Å². The van der Waals surface area contributed by atoms with E-state index in [2.05, 4.69) is 39.4 Å². The summed E-state index contributed by atoms with van der Waals surface area (Å²) in [6.07, 6.45) is 3.80. The van der Waals surface area contributed by atoms with E-state index < -0.39 is 11.6 Å². The number of hydrogen-bond donors (Lipinski definition) is 1. The van der Waals surface area contributed by atoms with Crippen molar-refractivity contribution < 1.29 is 14.9 Å². The number of halogens is 2. The van der Waals surface area contributed by atoms with Crippen LogP contribution in [0.3, 0.4) is 0 Å². The second kappa shape index (κ2) is 8.36. The fourth-order valence-electron chi connectivity index (χ4n) is 4.41. The molecule has 1 atom stereocenters. The molecular weight excluding hydrogens is 400 g/mol. The minimum Gasteiger partial charge on any atom is -0.378 e. The lowest BCUT2D eigenvalue weighted by Crippen LogP contribution is -2.52. The Balaban J connectivity index is 0.00000245. The van der Waals surface area contributed by atoms with Crippen LogP contribution in [-0.4, -0.2) is 52.0 Å². The number of benzene rings is 2. The second-order valence-corrected chi connectivity index (χ2v) is 8.42. The fraction of sp³-hybridized carbons (Fsp3) is 0.391. The highest BCUT2D eigenvalue weighted by Crippen LogP contribution is 2.32. The van der Waals surface area contributed by atoms with Gasteiger partial charge in [0.15, 0.2) is 0 Å². The smallest absolute Gasteiger partial charge is 0.246 e. The maximum atomic E-state index is 13.5. The number of nitrogens with one attached hydrogen (secondary N) is 1. The minimum atomic E-state index is -0.654. The topological polar surface area (TPSA) is 55.2 Å². The van der Waals surface area contributed by atoms with Gasteiger partial charge in [0.1, 0.15) is 18.0 Å². The van der Waals surface area contributed by atoms with Crippen molar-refractivity contribution in [2.45, 2.75) is 31.7 Å². The van der Waals surface area contributed by atoms with Crippen LogP contribution in [-0.2, 0) is 4.74 Å². The van der Waals surface area contributed by atoms with E-state index in [1.54, 1.807) is 0 Å². The number of hydrogen-bond acceptors (Lipinski definition) is 5. The third-order valence-electron chi connectivity index (χ3n) is 6.02. The predicted molar refractivity (Wildman–Crippen MR) is 116 cm³/mol. The standard InChI is InChI=1S/C23H25F2N5O.H2/c1-15-5-17(16-3-2-4-29(11-16)22-12-31-13-22)7-20(6-15)27-23-26-14-30(28-23)21-9-18(24)8-19(25)10-21;/h5-10,14,16,22H,2-4,11-13H2,1H3,(H,27,28);1H. The number of ether oxygens (including phenoxy) is 1. The fourth-order valence-corrected chi connectivity index (χ4v) is 4.41. The molecule has 2 fully saturated rings. The Bertz CT molecular complexity index is 1070. The van der Waals surface area contributed by atoms with Crippen molar-refractivity contribution >= 4 is 11.6 Å². The highest BCUT2D eigenvalue weighted by atomic mass is 19.1. The molecule has 6 nitrogen and oxygen atoms in total. The van der Waals surface area contributed by atoms with Gasteiger partial charge in [-0.1, -0.05) is 6.07 Å². The summed E-state index contributed by atoms with van der Waals surface area (Å²) >= 11 is 0. The van der Waals surface area contributed by atoms with Gasteiger partial charge in [-0.2, -0.15) is 4.98 Å². The van der Waals surface area contributed by atoms with Gasteiger partial charge in [-0.25, -0.2) is 13.5 Å². The van der Waals surface area contributed by atoms with Gasteiger partial charge in [0.05, 0.1) is 24.9 Å². The first-order chi connectivity index (χ1) is 15.0. The number of aromatic nitrogens is 3. The van der Waals surface area contributed by atoms with Gasteiger partial charge in [0.2, 0.25) is 5.95 Å². The van der Waals surface area contributed by atoms with Crippen LogP contribution in [0, 0.1) is 18.6 Å². The zero-order valence-corrected chi connectivity index (χ0v) is 17.4. The van der Waals surface area contributed by atoms with E-state index >= 15 is 0 Å². The molecule has 0 spiro atoms. The maximum absolute atomic E-state index is 13.5. The Morgan fingerprint density at radius 3 is 2.65 bits per heavy atom. The molecule has 31 heavy (non-hydrogen) atoms. The van der Waals surface area contributed by atoms with Crippen LogP contribution >= 0.6 is 0 Å². The molecule has 2 aliphatic rings. The third-order valence-corrected chi connectivity index (χ3v) is 6.02. The Morgan fingerprint density at radius 2 is 1.90 bits per heavy atom. The van der Waals surface area contributed by atoms with Crippen LogP contribution in [0.1, 0.15) is 31.3 Å². The SMILES string of the molecule is Cc1cc(Nc2ncn(-c3cc(F)cc(F)c3)n2)cc(C2CCCN(C3COC3)C2)c1.[HH]. The summed E-state index contributed by atoms with van der Waals surface area (Å²) in [6, 6.07) is 10.3. The molecule has 164 valence electrons. The molecule has 2 aromatic carbocycles. The summed E-state index contributed by atoms with van der Waals surface area (Å²) in [4.78, 5) is 6.80. The van der Waals surface area contributed by atoms with Crippen LogP contribution in [0.25, 0.3) is 5.69 Å². The lowest BCUT2D eigenvalue weighted by atomic mass is 9.88. The van der Waals surface area contributed by atoms with Crippen LogP contribution < -0.4 is 5.32 Å². The van der Waals surface area contributed by atoms with Gasteiger partial charge in [0, 0.05) is 19.7 Å². The van der Waals surface area contributed by atoms with Crippen molar-refractivity contribution in [3.63, 3.8) is 0 Å². The van der Waals surface area contributed by atoms with E-state index in [9.17, 15) is 8.78 Å². The zero-order chi connectivity index (χ0) is 21.4. The number of rotatable bonds is 5. The molecule has 8 heteroatoms. The Kier molecular flexibility index (Phi) is 5.41. The molecule has 1 N–H and O–H groups in total. The average Bonchev–Trinajstić information content (AvgIpc) is 3.14. The van der Waals surface area contributed by atoms with Crippen LogP contribution in [0.5, 0.6) is 0 Å². The lowest BCUT2D eigenvalue weighted by molar-refractivity contribution is -0.0721. The van der Waals surface area contributed by atoms with Gasteiger partial charge >= 0.3 is 0 Å². The zero-order valence-electron chi connectivity index (χ0n) is 17.4. The molecule has 0 amide bonds. The Hall–Kier alpha value is -2.84. The minimum absolute atomic E-state index is 0. The molecule has 0 aliphatic carbocycles. The molecule has 2 aliphatic heterocycles. The van der Waals surface area contributed by atoms with E-state index in [1.807, 2.05) is 6.07 Å². The van der Waals surface area contributed by atoms with Crippen molar-refractivity contribution in [2.24, 2.45) is 0 Å². The molecule has 0 saturated carbocycles. The molecule has 3 aromatic rings. The van der Waals surface area contributed by atoms with Crippen molar-refractivity contribution in [3.05, 3.63) is 65.5 Å². The van der Waals surface area contributed by atoms with Crippen molar-refractivity contribution in [1.82, 2.24) is 19.7 Å². The molecule has 2 saturated heterocycles. The number of likely N-dealkylation sites (tertiary alicyclic amines) is 1. The summed E-state index contributed by atoms with van der Waals surface area (Å²) in [5, 5.41) is 7.56. The molecule has 0 bridgehead atoms. The van der Waals surface area contributed by atoms with Crippen molar-refractivity contribution in [3.8, 4) is 5.69 Å². The summed E-state index contributed by atoms with van der Waals surface area (Å²) in [7, 11) is 0. The molecule has 1 unspecified atom stereocenters. The Morgan fingerprint density at radius 1 is 1.10 bits per heavy atom. The quantitative estimate of drug-likeness (QED) is 0.653. The van der Waals surface area contributed by atoms with Crippen LogP contribution in [0.2, 0.25) is 0 Å². The number of aryl methyl sites for hydroxylation is 1. The molecule has 5 rings (SSSR count). The highest BCUT2D eigenvalue weighted by Gasteiger charge is 2.31. The van der Waals surface area contributed by atoms with Gasteiger partial charge in [-0.3, -0.25) is 4.90 Å². The number of nitrogens with zero attached hydrogens (tertiary/aromatic N) is 4. The van der Waals surface area contributed by atoms with E-state index in [4.69, 9.17) is 4.74 Å². The maximum Gasteiger partial charge on any atom is 0.246 e. The van der Waals surface area contributed by atoms with Gasteiger partial charge in [-0.05, 0) is 67.6 Å². The summed E-state index contributed by atoms with van der Waals surface area (Å²) in [5.74, 6) is -0.453.